The van der Waals surface area contributed by atoms with Gasteiger partial charge < -0.3 is 19.7 Å². The van der Waals surface area contributed by atoms with E-state index >= 15 is 0 Å². The first-order valence-corrected chi connectivity index (χ1v) is 12.2. The van der Waals surface area contributed by atoms with E-state index in [-0.39, 0.29) is 25.0 Å². The molecule has 0 bridgehead atoms. The molecule has 9 heteroatoms. The number of esters is 2. The number of sulfone groups is 1. The van der Waals surface area contributed by atoms with Crippen molar-refractivity contribution in [3.8, 4) is 11.5 Å². The fraction of sp³-hybridized carbons (Fsp3) is 0.636. The number of hydrogen-bond acceptors (Lipinski definition) is 8. The van der Waals surface area contributed by atoms with Crippen molar-refractivity contribution in [2.75, 3.05) is 13.2 Å². The van der Waals surface area contributed by atoms with Crippen LogP contribution in [0.3, 0.4) is 0 Å². The van der Waals surface area contributed by atoms with Crippen molar-refractivity contribution in [3.63, 3.8) is 0 Å². The van der Waals surface area contributed by atoms with E-state index in [9.17, 15) is 28.2 Å². The number of phenols is 2. The standard InChI is InChI=1S/C22H32O8S/c1-13(2)11-29-21(25)16-10-17(23)18(22(26)30-12-14(3)4)20(19(16)24)31(27,28)15-8-6-5-7-9-15/h10,13-15,23-24H,5-9,11-12H2,1-4H3. The van der Waals surface area contributed by atoms with Gasteiger partial charge >= 0.3 is 11.9 Å². The molecule has 1 fully saturated rings. The summed E-state index contributed by atoms with van der Waals surface area (Å²) >= 11 is 0. The first-order chi connectivity index (χ1) is 14.5. The molecule has 2 rings (SSSR count). The maximum Gasteiger partial charge on any atom is 0.343 e. The van der Waals surface area contributed by atoms with Gasteiger partial charge in [0.15, 0.2) is 9.84 Å². The smallest absolute Gasteiger partial charge is 0.343 e. The zero-order valence-electron chi connectivity index (χ0n) is 18.5. The van der Waals surface area contributed by atoms with Crippen molar-refractivity contribution in [1.29, 1.82) is 0 Å². The predicted octanol–water partition coefficient (Wildman–Crippen LogP) is 3.83. The summed E-state index contributed by atoms with van der Waals surface area (Å²) in [6.07, 6.45) is 3.02. The van der Waals surface area contributed by atoms with Gasteiger partial charge in [0.25, 0.3) is 0 Å². The van der Waals surface area contributed by atoms with Gasteiger partial charge in [-0.05, 0) is 30.7 Å². The maximum absolute atomic E-state index is 13.4. The Morgan fingerprint density at radius 3 is 2.00 bits per heavy atom. The zero-order chi connectivity index (χ0) is 23.3. The van der Waals surface area contributed by atoms with Gasteiger partial charge in [0, 0.05) is 0 Å². The lowest BCUT2D eigenvalue weighted by atomic mass is 10.0. The summed E-state index contributed by atoms with van der Waals surface area (Å²) < 4.78 is 37.1. The lowest BCUT2D eigenvalue weighted by molar-refractivity contribution is 0.0434. The van der Waals surface area contributed by atoms with Crippen LogP contribution in [0, 0.1) is 11.8 Å². The van der Waals surface area contributed by atoms with Gasteiger partial charge in [-0.2, -0.15) is 0 Å². The van der Waals surface area contributed by atoms with Crippen LogP contribution >= 0.6 is 0 Å². The molecule has 174 valence electrons. The molecule has 0 spiro atoms. The van der Waals surface area contributed by atoms with Gasteiger partial charge in [0.05, 0.1) is 18.5 Å². The molecule has 0 aliphatic heterocycles. The summed E-state index contributed by atoms with van der Waals surface area (Å²) in [5.74, 6) is -3.72. The van der Waals surface area contributed by atoms with Crippen LogP contribution in [0.2, 0.25) is 0 Å². The number of carbonyl (C=O) groups excluding carboxylic acids is 2. The average Bonchev–Trinajstić information content (AvgIpc) is 2.71. The highest BCUT2D eigenvalue weighted by Crippen LogP contribution is 2.41. The van der Waals surface area contributed by atoms with Crippen LogP contribution in [-0.2, 0) is 19.3 Å². The molecule has 1 saturated carbocycles. The Hall–Kier alpha value is -2.29. The van der Waals surface area contributed by atoms with Crippen molar-refractivity contribution in [1.82, 2.24) is 0 Å². The molecule has 2 N–H and O–H groups in total. The van der Waals surface area contributed by atoms with Gasteiger partial charge in [0.2, 0.25) is 0 Å². The topological polar surface area (TPSA) is 127 Å². The minimum atomic E-state index is -4.24. The van der Waals surface area contributed by atoms with Crippen LogP contribution < -0.4 is 0 Å². The molecule has 8 nitrogen and oxygen atoms in total. The van der Waals surface area contributed by atoms with Gasteiger partial charge in [-0.1, -0.05) is 47.0 Å². The monoisotopic (exact) mass is 456 g/mol. The van der Waals surface area contributed by atoms with E-state index in [1.807, 2.05) is 13.8 Å². The van der Waals surface area contributed by atoms with E-state index in [1.54, 1.807) is 13.8 Å². The Kier molecular flexibility index (Phi) is 8.34. The summed E-state index contributed by atoms with van der Waals surface area (Å²) in [7, 11) is -4.24. The third-order valence-corrected chi connectivity index (χ3v) is 7.35. The van der Waals surface area contributed by atoms with Crippen LogP contribution in [0.1, 0.15) is 80.5 Å². The molecule has 0 aromatic heterocycles. The van der Waals surface area contributed by atoms with E-state index in [4.69, 9.17) is 9.47 Å². The Morgan fingerprint density at radius 1 is 0.968 bits per heavy atom. The number of benzene rings is 1. The van der Waals surface area contributed by atoms with E-state index in [2.05, 4.69) is 0 Å². The van der Waals surface area contributed by atoms with Crippen LogP contribution in [0.25, 0.3) is 0 Å². The number of hydrogen-bond donors (Lipinski definition) is 2. The fourth-order valence-electron chi connectivity index (χ4n) is 3.44. The minimum Gasteiger partial charge on any atom is -0.507 e. The van der Waals surface area contributed by atoms with Crippen LogP contribution in [0.5, 0.6) is 11.5 Å². The molecule has 1 aromatic rings. The number of carbonyl (C=O) groups is 2. The SMILES string of the molecule is CC(C)COC(=O)c1cc(O)c(C(=O)OCC(C)C)c(S(=O)(=O)C2CCCCC2)c1O. The highest BCUT2D eigenvalue weighted by molar-refractivity contribution is 7.92. The molecule has 31 heavy (non-hydrogen) atoms. The van der Waals surface area contributed by atoms with Crippen molar-refractivity contribution in [3.05, 3.63) is 17.2 Å². The number of ether oxygens (including phenoxy) is 2. The zero-order valence-corrected chi connectivity index (χ0v) is 19.3. The summed E-state index contributed by atoms with van der Waals surface area (Å²) in [4.78, 5) is 24.4. The highest BCUT2D eigenvalue weighted by atomic mass is 32.2. The number of aromatic hydroxyl groups is 2. The fourth-order valence-corrected chi connectivity index (χ4v) is 5.58. The summed E-state index contributed by atoms with van der Waals surface area (Å²) in [6, 6.07) is 0.851. The maximum atomic E-state index is 13.4. The second-order valence-corrected chi connectivity index (χ2v) is 11.0. The highest BCUT2D eigenvalue weighted by Gasteiger charge is 2.39. The third-order valence-electron chi connectivity index (χ3n) is 5.03. The van der Waals surface area contributed by atoms with E-state index < -0.39 is 54.5 Å². The Bertz CT molecular complexity index is 912. The Labute approximate surface area is 183 Å². The quantitative estimate of drug-likeness (QED) is 0.446. The lowest BCUT2D eigenvalue weighted by Crippen LogP contribution is -2.27. The molecule has 0 heterocycles. The van der Waals surface area contributed by atoms with Crippen LogP contribution in [0.15, 0.2) is 11.0 Å². The van der Waals surface area contributed by atoms with E-state index in [0.717, 1.165) is 12.5 Å². The number of phenolic OH excluding ortho intramolecular Hbond substituents is 2. The average molecular weight is 457 g/mol. The number of rotatable bonds is 8. The van der Waals surface area contributed by atoms with Crippen LogP contribution in [0.4, 0.5) is 0 Å². The molecule has 1 aliphatic carbocycles. The molecule has 0 radical (unpaired) electrons. The lowest BCUT2D eigenvalue weighted by Gasteiger charge is -2.24. The van der Waals surface area contributed by atoms with Crippen molar-refractivity contribution in [2.24, 2.45) is 11.8 Å². The Morgan fingerprint density at radius 2 is 1.48 bits per heavy atom. The molecular formula is C22H32O8S. The van der Waals surface area contributed by atoms with Gasteiger partial charge in [-0.3, -0.25) is 0 Å². The molecule has 0 unspecified atom stereocenters. The Balaban J connectivity index is 2.63. The van der Waals surface area contributed by atoms with Gasteiger partial charge in [-0.15, -0.1) is 0 Å². The summed E-state index contributed by atoms with van der Waals surface area (Å²) in [5, 5.41) is 20.5. The molecule has 1 aliphatic rings. The second-order valence-electron chi connectivity index (χ2n) is 8.79. The molecule has 1 aromatic carbocycles. The van der Waals surface area contributed by atoms with E-state index in [1.165, 1.54) is 0 Å². The largest absolute Gasteiger partial charge is 0.507 e. The van der Waals surface area contributed by atoms with Crippen molar-refractivity contribution >= 4 is 21.8 Å². The summed E-state index contributed by atoms with van der Waals surface area (Å²) in [6.45, 7) is 7.28. The van der Waals surface area contributed by atoms with Gasteiger partial charge in [0.1, 0.15) is 27.5 Å². The first-order valence-electron chi connectivity index (χ1n) is 10.6. The van der Waals surface area contributed by atoms with Crippen LogP contribution in [-0.4, -0.2) is 49.0 Å². The third kappa shape index (κ3) is 5.90. The van der Waals surface area contributed by atoms with E-state index in [0.29, 0.717) is 25.7 Å². The molecule has 0 amide bonds. The molecule has 0 saturated heterocycles. The van der Waals surface area contributed by atoms with Crippen molar-refractivity contribution in [2.45, 2.75) is 69.9 Å². The molecule has 0 atom stereocenters. The van der Waals surface area contributed by atoms with Gasteiger partial charge in [-0.25, -0.2) is 18.0 Å². The molecular weight excluding hydrogens is 424 g/mol. The second kappa shape index (κ2) is 10.3. The minimum absolute atomic E-state index is 0.000132. The summed E-state index contributed by atoms with van der Waals surface area (Å²) in [5.41, 5.74) is -1.16. The predicted molar refractivity (Wildman–Crippen MR) is 114 cm³/mol. The normalized spacial score (nSPS) is 15.3. The first kappa shape index (κ1) is 25.0. The van der Waals surface area contributed by atoms with Crippen molar-refractivity contribution < 1.29 is 37.7 Å².